The first-order valence-corrected chi connectivity index (χ1v) is 10.6. The Balaban J connectivity index is 0.00000480. The molecule has 1 aromatic rings. The number of nitrogens with one attached hydrogen (secondary N) is 2. The Morgan fingerprint density at radius 1 is 1.26 bits per heavy atom. The molecule has 1 atom stereocenters. The Hall–Kier alpha value is -1.59. The number of carbonyl (C=O) groups is 1. The fraction of sp³-hybridized carbons (Fsp3) is 0.636. The first-order valence-electron chi connectivity index (χ1n) is 10.6. The summed E-state index contributed by atoms with van der Waals surface area (Å²) >= 11 is 0. The van der Waals surface area contributed by atoms with Crippen molar-refractivity contribution in [2.45, 2.75) is 26.4 Å². The minimum atomic E-state index is -0.0666. The molecule has 1 heterocycles. The van der Waals surface area contributed by atoms with Crippen molar-refractivity contribution in [2.24, 2.45) is 10.9 Å². The molecule has 1 aliphatic heterocycles. The molecule has 176 valence electrons. The molecule has 1 amide bonds. The molecule has 0 saturated carbocycles. The Labute approximate surface area is 203 Å². The van der Waals surface area contributed by atoms with E-state index in [-0.39, 0.29) is 36.5 Å². The summed E-state index contributed by atoms with van der Waals surface area (Å²) in [6, 6.07) is 8.17. The predicted molar refractivity (Wildman–Crippen MR) is 135 cm³/mol. The van der Waals surface area contributed by atoms with E-state index in [1.807, 2.05) is 24.3 Å². The van der Waals surface area contributed by atoms with Crippen LogP contribution in [0.25, 0.3) is 0 Å². The SMILES string of the molecule is CN=C(NCc1cccc(OCC(=O)N(C)C)c1)NCC(C(C)C)N1CCOCC1.I. The molecular weight excluding hydrogens is 509 g/mol. The normalized spacial score (nSPS) is 15.7. The molecule has 1 unspecified atom stereocenters. The van der Waals surface area contributed by atoms with Crippen LogP contribution in [0.5, 0.6) is 5.75 Å². The summed E-state index contributed by atoms with van der Waals surface area (Å²) in [4.78, 5) is 20.1. The zero-order chi connectivity index (χ0) is 21.9. The monoisotopic (exact) mass is 547 g/mol. The quantitative estimate of drug-likeness (QED) is 0.279. The van der Waals surface area contributed by atoms with Crippen molar-refractivity contribution < 1.29 is 14.3 Å². The highest BCUT2D eigenvalue weighted by Crippen LogP contribution is 2.14. The standard InChI is InChI=1S/C22H37N5O3.HI/c1-17(2)20(27-9-11-29-12-10-27)15-25-22(23-3)24-14-18-7-6-8-19(13-18)30-16-21(28)26(4)5;/h6-8,13,17,20H,9-12,14-16H2,1-5H3,(H2,23,24,25);1H. The van der Waals surface area contributed by atoms with Gasteiger partial charge in [-0.2, -0.15) is 0 Å². The maximum absolute atomic E-state index is 11.7. The highest BCUT2D eigenvalue weighted by molar-refractivity contribution is 14.0. The molecule has 2 N–H and O–H groups in total. The molecule has 0 bridgehead atoms. The number of morpholine rings is 1. The summed E-state index contributed by atoms with van der Waals surface area (Å²) < 4.78 is 11.1. The summed E-state index contributed by atoms with van der Waals surface area (Å²) in [6.07, 6.45) is 0. The summed E-state index contributed by atoms with van der Waals surface area (Å²) in [5.74, 6) is 1.91. The van der Waals surface area contributed by atoms with E-state index in [0.717, 1.165) is 44.4 Å². The van der Waals surface area contributed by atoms with Crippen molar-refractivity contribution in [1.29, 1.82) is 0 Å². The molecule has 8 nitrogen and oxygen atoms in total. The molecule has 0 aromatic heterocycles. The van der Waals surface area contributed by atoms with Gasteiger partial charge in [0.05, 0.1) is 13.2 Å². The van der Waals surface area contributed by atoms with Crippen molar-refractivity contribution >= 4 is 35.8 Å². The van der Waals surface area contributed by atoms with E-state index < -0.39 is 0 Å². The third-order valence-corrected chi connectivity index (χ3v) is 5.21. The van der Waals surface area contributed by atoms with E-state index in [2.05, 4.69) is 34.4 Å². The first kappa shape index (κ1) is 27.4. The van der Waals surface area contributed by atoms with Crippen LogP contribution < -0.4 is 15.4 Å². The molecule has 0 aliphatic carbocycles. The fourth-order valence-corrected chi connectivity index (χ4v) is 3.32. The van der Waals surface area contributed by atoms with Crippen molar-refractivity contribution in [2.75, 3.05) is 60.6 Å². The van der Waals surface area contributed by atoms with Crippen LogP contribution in [0.4, 0.5) is 0 Å². The smallest absolute Gasteiger partial charge is 0.259 e. The van der Waals surface area contributed by atoms with Gasteiger partial charge in [-0.3, -0.25) is 14.7 Å². The number of nitrogens with zero attached hydrogens (tertiary/aromatic N) is 3. The van der Waals surface area contributed by atoms with E-state index >= 15 is 0 Å². The molecule has 1 saturated heterocycles. The summed E-state index contributed by atoms with van der Waals surface area (Å²) in [7, 11) is 5.21. The Kier molecular flexibility index (Phi) is 12.8. The van der Waals surface area contributed by atoms with E-state index in [1.54, 1.807) is 21.1 Å². The Bertz CT molecular complexity index is 693. The van der Waals surface area contributed by atoms with Crippen LogP contribution in [0.3, 0.4) is 0 Å². The van der Waals surface area contributed by atoms with Crippen LogP contribution in [-0.2, 0) is 16.1 Å². The minimum Gasteiger partial charge on any atom is -0.484 e. The van der Waals surface area contributed by atoms with Gasteiger partial charge in [0.25, 0.3) is 5.91 Å². The Morgan fingerprint density at radius 3 is 2.58 bits per heavy atom. The number of likely N-dealkylation sites (N-methyl/N-ethyl adjacent to an activating group) is 1. The lowest BCUT2D eigenvalue weighted by Gasteiger charge is -2.37. The lowest BCUT2D eigenvalue weighted by atomic mass is 10.0. The third-order valence-electron chi connectivity index (χ3n) is 5.21. The van der Waals surface area contributed by atoms with Gasteiger partial charge < -0.3 is 25.0 Å². The number of rotatable bonds is 9. The number of carbonyl (C=O) groups excluding carboxylic acids is 1. The van der Waals surface area contributed by atoms with Crippen molar-refractivity contribution in [1.82, 2.24) is 20.4 Å². The van der Waals surface area contributed by atoms with Gasteiger partial charge in [0.1, 0.15) is 5.75 Å². The fourth-order valence-electron chi connectivity index (χ4n) is 3.32. The van der Waals surface area contributed by atoms with Crippen LogP contribution >= 0.6 is 24.0 Å². The second-order valence-electron chi connectivity index (χ2n) is 7.99. The number of hydrogen-bond donors (Lipinski definition) is 2. The summed E-state index contributed by atoms with van der Waals surface area (Å²) in [5, 5.41) is 6.82. The lowest BCUT2D eigenvalue weighted by molar-refractivity contribution is -0.130. The second-order valence-corrected chi connectivity index (χ2v) is 7.99. The minimum absolute atomic E-state index is 0. The Morgan fingerprint density at radius 2 is 1.97 bits per heavy atom. The summed E-state index contributed by atoms with van der Waals surface area (Å²) in [6.45, 7) is 9.53. The molecule has 2 rings (SSSR count). The largest absolute Gasteiger partial charge is 0.484 e. The number of hydrogen-bond acceptors (Lipinski definition) is 5. The number of ether oxygens (including phenoxy) is 2. The van der Waals surface area contributed by atoms with E-state index in [4.69, 9.17) is 9.47 Å². The molecule has 31 heavy (non-hydrogen) atoms. The maximum atomic E-state index is 11.7. The van der Waals surface area contributed by atoms with Crippen LogP contribution in [0, 0.1) is 5.92 Å². The van der Waals surface area contributed by atoms with Crippen LogP contribution in [0.2, 0.25) is 0 Å². The van der Waals surface area contributed by atoms with Crippen molar-refractivity contribution in [3.63, 3.8) is 0 Å². The van der Waals surface area contributed by atoms with Crippen molar-refractivity contribution in [3.05, 3.63) is 29.8 Å². The molecule has 0 radical (unpaired) electrons. The number of benzene rings is 1. The van der Waals surface area contributed by atoms with Crippen molar-refractivity contribution in [3.8, 4) is 5.75 Å². The maximum Gasteiger partial charge on any atom is 0.259 e. The van der Waals surface area contributed by atoms with Gasteiger partial charge in [0.15, 0.2) is 12.6 Å². The number of guanidine groups is 1. The number of aliphatic imine (C=N–C) groups is 1. The second kappa shape index (κ2) is 14.5. The van der Waals surface area contributed by atoms with Gasteiger partial charge in [0.2, 0.25) is 0 Å². The first-order chi connectivity index (χ1) is 14.4. The van der Waals surface area contributed by atoms with Crippen LogP contribution in [0.1, 0.15) is 19.4 Å². The van der Waals surface area contributed by atoms with Gasteiger partial charge in [-0.15, -0.1) is 24.0 Å². The average Bonchev–Trinajstić information content (AvgIpc) is 2.75. The third kappa shape index (κ3) is 9.61. The molecule has 0 spiro atoms. The molecular formula is C22H38IN5O3. The topological polar surface area (TPSA) is 78.4 Å². The van der Waals surface area contributed by atoms with Gasteiger partial charge in [0, 0.05) is 53.4 Å². The average molecular weight is 547 g/mol. The number of amides is 1. The molecule has 1 fully saturated rings. The van der Waals surface area contributed by atoms with Crippen LogP contribution in [-0.4, -0.2) is 88.3 Å². The predicted octanol–water partition coefficient (Wildman–Crippen LogP) is 1.79. The zero-order valence-corrected chi connectivity index (χ0v) is 21.7. The highest BCUT2D eigenvalue weighted by atomic mass is 127. The number of halogens is 1. The van der Waals surface area contributed by atoms with E-state index in [0.29, 0.717) is 24.3 Å². The van der Waals surface area contributed by atoms with E-state index in [1.165, 1.54) is 4.90 Å². The molecule has 1 aromatic carbocycles. The van der Waals surface area contributed by atoms with Gasteiger partial charge in [-0.05, 0) is 23.6 Å². The van der Waals surface area contributed by atoms with Gasteiger partial charge in [-0.25, -0.2) is 0 Å². The van der Waals surface area contributed by atoms with Gasteiger partial charge in [-0.1, -0.05) is 26.0 Å². The summed E-state index contributed by atoms with van der Waals surface area (Å²) in [5.41, 5.74) is 1.06. The van der Waals surface area contributed by atoms with E-state index in [9.17, 15) is 4.79 Å². The zero-order valence-electron chi connectivity index (χ0n) is 19.4. The van der Waals surface area contributed by atoms with Crippen LogP contribution in [0.15, 0.2) is 29.3 Å². The van der Waals surface area contributed by atoms with Gasteiger partial charge >= 0.3 is 0 Å². The molecule has 1 aliphatic rings. The lowest BCUT2D eigenvalue weighted by Crippen LogP contribution is -2.52. The highest BCUT2D eigenvalue weighted by Gasteiger charge is 2.23. The molecule has 9 heteroatoms.